The Hall–Kier alpha value is -1.00. The molecule has 2 N–H and O–H groups in total. The molecule has 1 aromatic carbocycles. The molecule has 1 nitrogen and oxygen atoms in total. The molecule has 1 atom stereocenters. The summed E-state index contributed by atoms with van der Waals surface area (Å²) in [4.78, 5) is 0. The Balaban J connectivity index is 0.00000225. The molecule has 0 aliphatic heterocycles. The van der Waals surface area contributed by atoms with Crippen LogP contribution in [-0.2, 0) is 0 Å². The molecule has 0 saturated carbocycles. The van der Waals surface area contributed by atoms with Crippen molar-refractivity contribution in [2.45, 2.75) is 18.9 Å². The Bertz CT molecular complexity index is 368. The molecule has 1 rings (SSSR count). The van der Waals surface area contributed by atoms with Gasteiger partial charge in [-0.1, -0.05) is 6.08 Å². The molecule has 0 amide bonds. The van der Waals surface area contributed by atoms with Crippen molar-refractivity contribution in [2.24, 2.45) is 5.73 Å². The molecule has 0 fully saturated rings. The van der Waals surface area contributed by atoms with E-state index in [9.17, 15) is 13.2 Å². The number of halogens is 4. The van der Waals surface area contributed by atoms with Gasteiger partial charge in [0.05, 0.1) is 0 Å². The highest BCUT2D eigenvalue weighted by molar-refractivity contribution is 5.85. The summed E-state index contributed by atoms with van der Waals surface area (Å²) in [6.45, 7) is 3.49. The van der Waals surface area contributed by atoms with Gasteiger partial charge in [0.1, 0.15) is 5.82 Å². The molecule has 0 unspecified atom stereocenters. The van der Waals surface area contributed by atoms with E-state index in [1.54, 1.807) is 6.08 Å². The van der Waals surface area contributed by atoms with Gasteiger partial charge in [0.2, 0.25) is 0 Å². The monoisotopic (exact) mass is 251 g/mol. The van der Waals surface area contributed by atoms with E-state index in [1.807, 2.05) is 0 Å². The van der Waals surface area contributed by atoms with E-state index in [1.165, 1.54) is 0 Å². The molecule has 0 aromatic heterocycles. The largest absolute Gasteiger partial charge is 0.324 e. The number of allylic oxidation sites excluding steroid dienone is 1. The van der Waals surface area contributed by atoms with E-state index in [4.69, 9.17) is 5.73 Å². The van der Waals surface area contributed by atoms with Gasteiger partial charge in [-0.25, -0.2) is 13.2 Å². The Morgan fingerprint density at radius 3 is 2.50 bits per heavy atom. The summed E-state index contributed by atoms with van der Waals surface area (Å²) in [5.41, 5.74) is 5.47. The highest BCUT2D eigenvalue weighted by atomic mass is 35.5. The Morgan fingerprint density at radius 2 is 1.94 bits per heavy atom. The van der Waals surface area contributed by atoms with Crippen LogP contribution >= 0.6 is 12.4 Å². The highest BCUT2D eigenvalue weighted by Crippen LogP contribution is 2.22. The minimum absolute atomic E-state index is 0. The fraction of sp³-hybridized carbons (Fsp3) is 0.273. The van der Waals surface area contributed by atoms with Gasteiger partial charge in [-0.3, -0.25) is 0 Å². The predicted molar refractivity (Wildman–Crippen MR) is 59.9 cm³/mol. The highest BCUT2D eigenvalue weighted by Gasteiger charge is 2.16. The fourth-order valence-corrected chi connectivity index (χ4v) is 1.30. The molecular formula is C11H13ClF3N. The zero-order chi connectivity index (χ0) is 11.4. The second-order valence-electron chi connectivity index (χ2n) is 3.26. The average molecular weight is 252 g/mol. The third-order valence-electron chi connectivity index (χ3n) is 2.10. The van der Waals surface area contributed by atoms with Crippen LogP contribution in [0.15, 0.2) is 24.8 Å². The van der Waals surface area contributed by atoms with Crippen LogP contribution < -0.4 is 5.73 Å². The lowest BCUT2D eigenvalue weighted by Gasteiger charge is -2.12. The summed E-state index contributed by atoms with van der Waals surface area (Å²) in [5, 5.41) is 0. The first-order valence-electron chi connectivity index (χ1n) is 4.57. The van der Waals surface area contributed by atoms with Crippen LogP contribution in [0, 0.1) is 17.5 Å². The fourth-order valence-electron chi connectivity index (χ4n) is 1.30. The van der Waals surface area contributed by atoms with Crippen LogP contribution in [0.3, 0.4) is 0 Å². The lowest BCUT2D eigenvalue weighted by atomic mass is 10.0. The van der Waals surface area contributed by atoms with Crippen molar-refractivity contribution in [3.63, 3.8) is 0 Å². The number of nitrogens with two attached hydrogens (primary N) is 1. The lowest BCUT2D eigenvalue weighted by Crippen LogP contribution is -2.13. The van der Waals surface area contributed by atoms with Gasteiger partial charge in [-0.05, 0) is 18.9 Å². The molecule has 0 bridgehead atoms. The van der Waals surface area contributed by atoms with Crippen LogP contribution in [0.5, 0.6) is 0 Å². The molecule has 0 saturated heterocycles. The molecule has 0 aliphatic carbocycles. The van der Waals surface area contributed by atoms with Gasteiger partial charge >= 0.3 is 0 Å². The predicted octanol–water partition coefficient (Wildman–Crippen LogP) is 3.49. The first kappa shape index (κ1) is 15.0. The van der Waals surface area contributed by atoms with Gasteiger partial charge in [0.15, 0.2) is 11.6 Å². The maximum atomic E-state index is 13.2. The molecule has 1 aromatic rings. The summed E-state index contributed by atoms with van der Waals surface area (Å²) >= 11 is 0. The minimum atomic E-state index is -1.21. The van der Waals surface area contributed by atoms with Crippen molar-refractivity contribution in [1.82, 2.24) is 0 Å². The smallest absolute Gasteiger partial charge is 0.163 e. The van der Waals surface area contributed by atoms with E-state index < -0.39 is 23.5 Å². The number of rotatable bonds is 4. The molecule has 0 aliphatic rings. The first-order valence-corrected chi connectivity index (χ1v) is 4.57. The van der Waals surface area contributed by atoms with Crippen molar-refractivity contribution in [2.75, 3.05) is 0 Å². The lowest BCUT2D eigenvalue weighted by molar-refractivity contribution is 0.470. The Morgan fingerprint density at radius 1 is 1.31 bits per heavy atom. The number of hydrogen-bond donors (Lipinski definition) is 1. The van der Waals surface area contributed by atoms with Crippen molar-refractivity contribution < 1.29 is 13.2 Å². The number of hydrogen-bond acceptors (Lipinski definition) is 1. The van der Waals surface area contributed by atoms with Gasteiger partial charge in [-0.15, -0.1) is 19.0 Å². The van der Waals surface area contributed by atoms with Gasteiger partial charge in [0, 0.05) is 17.7 Å². The molecule has 0 heterocycles. The van der Waals surface area contributed by atoms with E-state index in [0.29, 0.717) is 18.9 Å². The molecular weight excluding hydrogens is 239 g/mol. The average Bonchev–Trinajstić information content (AvgIpc) is 2.19. The van der Waals surface area contributed by atoms with E-state index in [-0.39, 0.29) is 18.0 Å². The normalized spacial score (nSPS) is 11.8. The third-order valence-corrected chi connectivity index (χ3v) is 2.10. The molecule has 90 valence electrons. The summed E-state index contributed by atoms with van der Waals surface area (Å²) in [6, 6.07) is 0.707. The van der Waals surface area contributed by atoms with Crippen LogP contribution in [0.4, 0.5) is 13.2 Å². The summed E-state index contributed by atoms with van der Waals surface area (Å²) < 4.78 is 38.9. The van der Waals surface area contributed by atoms with Crippen LogP contribution in [0.2, 0.25) is 0 Å². The third kappa shape index (κ3) is 3.54. The van der Waals surface area contributed by atoms with Gasteiger partial charge in [0.25, 0.3) is 0 Å². The van der Waals surface area contributed by atoms with E-state index in [2.05, 4.69) is 6.58 Å². The maximum Gasteiger partial charge on any atom is 0.163 e. The van der Waals surface area contributed by atoms with Gasteiger partial charge < -0.3 is 5.73 Å². The second kappa shape index (κ2) is 6.55. The molecule has 16 heavy (non-hydrogen) atoms. The van der Waals surface area contributed by atoms with E-state index >= 15 is 0 Å². The minimum Gasteiger partial charge on any atom is -0.324 e. The summed E-state index contributed by atoms with van der Waals surface area (Å²) in [6.07, 6.45) is 2.59. The van der Waals surface area contributed by atoms with Crippen molar-refractivity contribution in [1.29, 1.82) is 0 Å². The van der Waals surface area contributed by atoms with Crippen LogP contribution in [0.1, 0.15) is 24.4 Å². The first-order chi connectivity index (χ1) is 7.06. The summed E-state index contributed by atoms with van der Waals surface area (Å²) in [7, 11) is 0. The van der Waals surface area contributed by atoms with Crippen molar-refractivity contribution in [3.8, 4) is 0 Å². The van der Waals surface area contributed by atoms with E-state index in [0.717, 1.165) is 6.07 Å². The second-order valence-corrected chi connectivity index (χ2v) is 3.26. The Labute approximate surface area is 98.6 Å². The zero-order valence-electron chi connectivity index (χ0n) is 8.55. The molecule has 0 radical (unpaired) electrons. The maximum absolute atomic E-state index is 13.2. The van der Waals surface area contributed by atoms with Crippen molar-refractivity contribution >= 4 is 12.4 Å². The SMILES string of the molecule is C=CCC[C@@H](N)c1cc(F)cc(F)c1F.Cl. The topological polar surface area (TPSA) is 26.0 Å². The summed E-state index contributed by atoms with van der Waals surface area (Å²) in [5.74, 6) is -3.11. The van der Waals surface area contributed by atoms with Crippen LogP contribution in [0.25, 0.3) is 0 Å². The molecule has 5 heteroatoms. The zero-order valence-corrected chi connectivity index (χ0v) is 9.37. The van der Waals surface area contributed by atoms with Crippen molar-refractivity contribution in [3.05, 3.63) is 47.8 Å². The number of benzene rings is 1. The van der Waals surface area contributed by atoms with Crippen LogP contribution in [-0.4, -0.2) is 0 Å². The standard InChI is InChI=1S/C11H12F3N.ClH/c1-2-3-4-10(15)8-5-7(12)6-9(13)11(8)14;/h2,5-6,10H,1,3-4,15H2;1H/t10-;/m1./s1. The Kier molecular flexibility index (Phi) is 6.14. The molecule has 0 spiro atoms. The quantitative estimate of drug-likeness (QED) is 0.643. The van der Waals surface area contributed by atoms with Gasteiger partial charge in [-0.2, -0.15) is 0 Å².